The first-order chi connectivity index (χ1) is 8.04. The lowest BCUT2D eigenvalue weighted by atomic mass is 9.68. The smallest absolute Gasteiger partial charge is 0.243 e. The first-order valence-electron chi connectivity index (χ1n) is 6.65. The predicted octanol–water partition coefficient (Wildman–Crippen LogP) is 1.30. The lowest BCUT2D eigenvalue weighted by molar-refractivity contribution is -0.181. The van der Waals surface area contributed by atoms with Crippen molar-refractivity contribution in [3.63, 3.8) is 0 Å². The fourth-order valence-electron chi connectivity index (χ4n) is 3.37. The predicted molar refractivity (Wildman–Crippen MR) is 65.4 cm³/mol. The molecule has 2 aliphatic rings. The average Bonchev–Trinajstić information content (AvgIpc) is 2.75. The Morgan fingerprint density at radius 1 is 1.47 bits per heavy atom. The molecular formula is C13H22N2O2. The van der Waals surface area contributed by atoms with Gasteiger partial charge in [-0.05, 0) is 33.6 Å². The Kier molecular flexibility index (Phi) is 3.15. The zero-order valence-corrected chi connectivity index (χ0v) is 11.0. The van der Waals surface area contributed by atoms with Crippen molar-refractivity contribution in [1.82, 2.24) is 10.2 Å². The van der Waals surface area contributed by atoms with Crippen LogP contribution in [0.15, 0.2) is 0 Å². The molecular weight excluding hydrogens is 216 g/mol. The molecule has 1 N–H and O–H groups in total. The second kappa shape index (κ2) is 4.31. The molecule has 0 aromatic carbocycles. The van der Waals surface area contributed by atoms with Crippen molar-refractivity contribution in [3.05, 3.63) is 0 Å². The van der Waals surface area contributed by atoms with Gasteiger partial charge in [-0.3, -0.25) is 9.59 Å². The number of hydrogen-bond acceptors (Lipinski definition) is 2. The normalized spacial score (nSPS) is 26.5. The highest BCUT2D eigenvalue weighted by atomic mass is 16.2. The van der Waals surface area contributed by atoms with Crippen LogP contribution in [0.2, 0.25) is 0 Å². The molecule has 0 aromatic heterocycles. The number of nitrogens with one attached hydrogen (secondary N) is 1. The molecule has 1 aliphatic carbocycles. The summed E-state index contributed by atoms with van der Waals surface area (Å²) < 4.78 is 0. The van der Waals surface area contributed by atoms with E-state index in [0.717, 1.165) is 25.7 Å². The van der Waals surface area contributed by atoms with Crippen LogP contribution in [0.4, 0.5) is 0 Å². The van der Waals surface area contributed by atoms with Gasteiger partial charge in [0.1, 0.15) is 6.04 Å². The molecule has 96 valence electrons. The van der Waals surface area contributed by atoms with E-state index in [0.29, 0.717) is 6.54 Å². The summed E-state index contributed by atoms with van der Waals surface area (Å²) in [4.78, 5) is 26.2. The topological polar surface area (TPSA) is 49.4 Å². The third kappa shape index (κ3) is 1.65. The lowest BCUT2D eigenvalue weighted by Gasteiger charge is -2.55. The maximum atomic E-state index is 12.3. The summed E-state index contributed by atoms with van der Waals surface area (Å²) >= 11 is 0. The van der Waals surface area contributed by atoms with Crippen molar-refractivity contribution >= 4 is 11.8 Å². The first-order valence-corrected chi connectivity index (χ1v) is 6.65. The highest BCUT2D eigenvalue weighted by Gasteiger charge is 2.64. The molecule has 1 aliphatic heterocycles. The van der Waals surface area contributed by atoms with Crippen LogP contribution in [0.1, 0.15) is 46.5 Å². The maximum absolute atomic E-state index is 12.3. The summed E-state index contributed by atoms with van der Waals surface area (Å²) in [6.45, 7) is 6.50. The minimum absolute atomic E-state index is 0.0303. The van der Waals surface area contributed by atoms with Crippen molar-refractivity contribution in [3.8, 4) is 0 Å². The number of likely N-dealkylation sites (N-methyl/N-ethyl adjacent to an activating group) is 1. The van der Waals surface area contributed by atoms with E-state index in [4.69, 9.17) is 0 Å². The zero-order chi connectivity index (χ0) is 12.6. The van der Waals surface area contributed by atoms with Gasteiger partial charge in [0.25, 0.3) is 0 Å². The van der Waals surface area contributed by atoms with Crippen LogP contribution < -0.4 is 5.32 Å². The molecule has 1 heterocycles. The number of nitrogens with zero attached hydrogens (tertiary/aromatic N) is 1. The van der Waals surface area contributed by atoms with Crippen molar-refractivity contribution in [2.75, 3.05) is 6.54 Å². The molecule has 0 radical (unpaired) electrons. The Bertz CT molecular complexity index is 332. The summed E-state index contributed by atoms with van der Waals surface area (Å²) in [6.07, 6.45) is 3.93. The van der Waals surface area contributed by atoms with Gasteiger partial charge in [-0.2, -0.15) is 0 Å². The highest BCUT2D eigenvalue weighted by Crippen LogP contribution is 2.52. The Hall–Kier alpha value is -1.06. The standard InChI is InChI=1S/C13H22N2O2/c1-4-14-11(16)10-13(7-5-6-8-13)12(17)15(10)9(2)3/h9-10H,4-8H2,1-3H3,(H,14,16). The molecule has 17 heavy (non-hydrogen) atoms. The Morgan fingerprint density at radius 2 is 2.06 bits per heavy atom. The molecule has 0 bridgehead atoms. The molecule has 0 aromatic rings. The van der Waals surface area contributed by atoms with Crippen molar-refractivity contribution < 1.29 is 9.59 Å². The average molecular weight is 238 g/mol. The molecule has 4 heteroatoms. The monoisotopic (exact) mass is 238 g/mol. The van der Waals surface area contributed by atoms with E-state index >= 15 is 0 Å². The molecule has 4 nitrogen and oxygen atoms in total. The summed E-state index contributed by atoms with van der Waals surface area (Å²) in [5.41, 5.74) is -0.358. The quantitative estimate of drug-likeness (QED) is 0.753. The molecule has 1 atom stereocenters. The Morgan fingerprint density at radius 3 is 2.53 bits per heavy atom. The number of rotatable bonds is 3. The van der Waals surface area contributed by atoms with E-state index in [9.17, 15) is 9.59 Å². The van der Waals surface area contributed by atoms with Gasteiger partial charge < -0.3 is 10.2 Å². The van der Waals surface area contributed by atoms with Crippen LogP contribution in [0.5, 0.6) is 0 Å². The molecule has 1 saturated heterocycles. The maximum Gasteiger partial charge on any atom is 0.243 e. The SMILES string of the molecule is CCNC(=O)C1N(C(C)C)C(=O)C12CCCC2. The number of likely N-dealkylation sites (tertiary alicyclic amines) is 1. The van der Waals surface area contributed by atoms with E-state index in [-0.39, 0.29) is 29.3 Å². The van der Waals surface area contributed by atoms with Crippen LogP contribution >= 0.6 is 0 Å². The molecule has 1 saturated carbocycles. The number of carbonyl (C=O) groups excluding carboxylic acids is 2. The molecule has 2 rings (SSSR count). The Labute approximate surface area is 103 Å². The lowest BCUT2D eigenvalue weighted by Crippen LogP contribution is -2.74. The van der Waals surface area contributed by atoms with Crippen molar-refractivity contribution in [2.24, 2.45) is 5.41 Å². The minimum atomic E-state index is -0.358. The van der Waals surface area contributed by atoms with Gasteiger partial charge in [0.05, 0.1) is 5.41 Å². The first kappa shape index (κ1) is 12.4. The number of amides is 2. The van der Waals surface area contributed by atoms with E-state index in [1.54, 1.807) is 4.90 Å². The van der Waals surface area contributed by atoms with E-state index in [1.807, 2.05) is 20.8 Å². The third-order valence-electron chi connectivity index (χ3n) is 4.11. The van der Waals surface area contributed by atoms with Crippen molar-refractivity contribution in [2.45, 2.75) is 58.5 Å². The van der Waals surface area contributed by atoms with Crippen molar-refractivity contribution in [1.29, 1.82) is 0 Å². The zero-order valence-electron chi connectivity index (χ0n) is 11.0. The second-order valence-corrected chi connectivity index (χ2v) is 5.47. The summed E-state index contributed by atoms with van der Waals surface area (Å²) in [5.74, 6) is 0.226. The molecule has 2 fully saturated rings. The van der Waals surface area contributed by atoms with Gasteiger partial charge in [-0.25, -0.2) is 0 Å². The summed E-state index contributed by atoms with van der Waals surface area (Å²) in [7, 11) is 0. The third-order valence-corrected chi connectivity index (χ3v) is 4.11. The molecule has 2 amide bonds. The second-order valence-electron chi connectivity index (χ2n) is 5.47. The van der Waals surface area contributed by atoms with Crippen LogP contribution in [-0.2, 0) is 9.59 Å². The minimum Gasteiger partial charge on any atom is -0.355 e. The van der Waals surface area contributed by atoms with Gasteiger partial charge in [-0.15, -0.1) is 0 Å². The summed E-state index contributed by atoms with van der Waals surface area (Å²) in [6, 6.07) is -0.112. The van der Waals surface area contributed by atoms with Crippen LogP contribution in [0.3, 0.4) is 0 Å². The number of hydrogen-bond donors (Lipinski definition) is 1. The fraction of sp³-hybridized carbons (Fsp3) is 0.846. The van der Waals surface area contributed by atoms with Crippen LogP contribution in [0, 0.1) is 5.41 Å². The molecule has 1 spiro atoms. The van der Waals surface area contributed by atoms with Gasteiger partial charge in [0.2, 0.25) is 11.8 Å². The van der Waals surface area contributed by atoms with Gasteiger partial charge in [0, 0.05) is 12.6 Å². The van der Waals surface area contributed by atoms with Crippen LogP contribution in [0.25, 0.3) is 0 Å². The van der Waals surface area contributed by atoms with Gasteiger partial charge in [0.15, 0.2) is 0 Å². The van der Waals surface area contributed by atoms with E-state index in [2.05, 4.69) is 5.32 Å². The number of carbonyl (C=O) groups is 2. The van der Waals surface area contributed by atoms with Crippen LogP contribution in [-0.4, -0.2) is 35.3 Å². The fourth-order valence-corrected chi connectivity index (χ4v) is 3.37. The largest absolute Gasteiger partial charge is 0.355 e. The van der Waals surface area contributed by atoms with Gasteiger partial charge >= 0.3 is 0 Å². The number of β-lactam (4-membered cyclic amide) rings is 1. The van der Waals surface area contributed by atoms with E-state index in [1.165, 1.54) is 0 Å². The molecule has 1 unspecified atom stereocenters. The van der Waals surface area contributed by atoms with Gasteiger partial charge in [-0.1, -0.05) is 12.8 Å². The summed E-state index contributed by atoms with van der Waals surface area (Å²) in [5, 5.41) is 2.87. The van der Waals surface area contributed by atoms with E-state index < -0.39 is 0 Å². The Balaban J connectivity index is 2.22. The highest BCUT2D eigenvalue weighted by molar-refractivity contribution is 6.02.